The molecule has 1 heterocycles. The van der Waals surface area contributed by atoms with Crippen molar-refractivity contribution >= 4 is 0 Å². The highest BCUT2D eigenvalue weighted by Crippen LogP contribution is 2.17. The number of hydrogen-bond donors (Lipinski definition) is 2. The third-order valence-electron chi connectivity index (χ3n) is 3.08. The molecule has 1 atom stereocenters. The van der Waals surface area contributed by atoms with E-state index in [1.54, 1.807) is 0 Å². The number of nitrogens with one attached hydrogen (secondary N) is 2. The van der Waals surface area contributed by atoms with Crippen LogP contribution in [0.3, 0.4) is 0 Å². The standard InChI is InChI=1S/C10H22N2/c1-10(2,11-3)9-7-5-4-6-8-12-9/h9,11-12H,4-8H2,1-3H3. The molecule has 2 N–H and O–H groups in total. The van der Waals surface area contributed by atoms with Crippen LogP contribution in [0.4, 0.5) is 0 Å². The van der Waals surface area contributed by atoms with Gasteiger partial charge in [0.2, 0.25) is 0 Å². The highest BCUT2D eigenvalue weighted by molar-refractivity contribution is 4.91. The quantitative estimate of drug-likeness (QED) is 0.656. The van der Waals surface area contributed by atoms with Crippen molar-refractivity contribution in [3.05, 3.63) is 0 Å². The molecule has 0 aliphatic carbocycles. The summed E-state index contributed by atoms with van der Waals surface area (Å²) in [6, 6.07) is 0.644. The Kier molecular flexibility index (Phi) is 3.53. The van der Waals surface area contributed by atoms with Crippen molar-refractivity contribution in [3.8, 4) is 0 Å². The molecule has 0 saturated carbocycles. The summed E-state index contributed by atoms with van der Waals surface area (Å²) in [4.78, 5) is 0. The molecule has 1 rings (SSSR count). The SMILES string of the molecule is CNC(C)(C)C1CCCCCN1. The maximum atomic E-state index is 3.61. The van der Waals surface area contributed by atoms with Crippen LogP contribution in [-0.2, 0) is 0 Å². The number of rotatable bonds is 2. The summed E-state index contributed by atoms with van der Waals surface area (Å²) < 4.78 is 0. The van der Waals surface area contributed by atoms with Gasteiger partial charge in [0, 0.05) is 11.6 Å². The lowest BCUT2D eigenvalue weighted by Crippen LogP contribution is -2.54. The lowest BCUT2D eigenvalue weighted by molar-refractivity contribution is 0.287. The van der Waals surface area contributed by atoms with Crippen LogP contribution >= 0.6 is 0 Å². The van der Waals surface area contributed by atoms with E-state index in [0.717, 1.165) is 0 Å². The van der Waals surface area contributed by atoms with Crippen LogP contribution in [0, 0.1) is 0 Å². The molecule has 12 heavy (non-hydrogen) atoms. The molecular formula is C10H22N2. The van der Waals surface area contributed by atoms with Crippen LogP contribution in [0.2, 0.25) is 0 Å². The second kappa shape index (κ2) is 4.24. The maximum Gasteiger partial charge on any atom is 0.0275 e. The van der Waals surface area contributed by atoms with Gasteiger partial charge in [-0.3, -0.25) is 0 Å². The van der Waals surface area contributed by atoms with Gasteiger partial charge in [-0.1, -0.05) is 12.8 Å². The zero-order valence-corrected chi connectivity index (χ0v) is 8.61. The number of hydrogen-bond acceptors (Lipinski definition) is 2. The van der Waals surface area contributed by atoms with Crippen molar-refractivity contribution in [1.29, 1.82) is 0 Å². The van der Waals surface area contributed by atoms with Gasteiger partial charge < -0.3 is 10.6 Å². The molecule has 72 valence electrons. The minimum absolute atomic E-state index is 0.240. The molecule has 1 aliphatic heterocycles. The molecular weight excluding hydrogens is 148 g/mol. The molecule has 1 saturated heterocycles. The Bertz CT molecular complexity index is 124. The van der Waals surface area contributed by atoms with Crippen molar-refractivity contribution in [1.82, 2.24) is 10.6 Å². The van der Waals surface area contributed by atoms with E-state index in [0.29, 0.717) is 6.04 Å². The van der Waals surface area contributed by atoms with Crippen molar-refractivity contribution in [2.75, 3.05) is 13.6 Å². The van der Waals surface area contributed by atoms with Crippen molar-refractivity contribution < 1.29 is 0 Å². The van der Waals surface area contributed by atoms with Crippen LogP contribution in [-0.4, -0.2) is 25.2 Å². The fourth-order valence-corrected chi connectivity index (χ4v) is 1.82. The van der Waals surface area contributed by atoms with Crippen LogP contribution in [0.25, 0.3) is 0 Å². The van der Waals surface area contributed by atoms with Crippen molar-refractivity contribution in [2.45, 2.75) is 51.1 Å². The average Bonchev–Trinajstić information content (AvgIpc) is 2.32. The minimum Gasteiger partial charge on any atom is -0.313 e. The van der Waals surface area contributed by atoms with E-state index >= 15 is 0 Å². The van der Waals surface area contributed by atoms with Gasteiger partial charge in [-0.25, -0.2) is 0 Å². The Morgan fingerprint density at radius 1 is 1.25 bits per heavy atom. The van der Waals surface area contributed by atoms with Gasteiger partial charge in [-0.2, -0.15) is 0 Å². The summed E-state index contributed by atoms with van der Waals surface area (Å²) in [7, 11) is 2.05. The second-order valence-electron chi connectivity index (χ2n) is 4.33. The molecule has 1 fully saturated rings. The second-order valence-corrected chi connectivity index (χ2v) is 4.33. The predicted octanol–water partition coefficient (Wildman–Crippen LogP) is 1.52. The van der Waals surface area contributed by atoms with E-state index in [1.807, 2.05) is 7.05 Å². The molecule has 0 aromatic carbocycles. The summed E-state index contributed by atoms with van der Waals surface area (Å²) in [5.74, 6) is 0. The third kappa shape index (κ3) is 2.46. The summed E-state index contributed by atoms with van der Waals surface area (Å²) in [5, 5.41) is 6.99. The molecule has 0 amide bonds. The first-order chi connectivity index (χ1) is 5.67. The summed E-state index contributed by atoms with van der Waals surface area (Å²) in [6.07, 6.45) is 5.43. The summed E-state index contributed by atoms with van der Waals surface area (Å²) in [5.41, 5.74) is 0.240. The highest BCUT2D eigenvalue weighted by atomic mass is 15.0. The van der Waals surface area contributed by atoms with Crippen molar-refractivity contribution in [3.63, 3.8) is 0 Å². The van der Waals surface area contributed by atoms with Gasteiger partial charge in [0.05, 0.1) is 0 Å². The van der Waals surface area contributed by atoms with Gasteiger partial charge >= 0.3 is 0 Å². The Morgan fingerprint density at radius 2 is 2.00 bits per heavy atom. The number of likely N-dealkylation sites (N-methyl/N-ethyl adjacent to an activating group) is 1. The van der Waals surface area contributed by atoms with Gasteiger partial charge in [0.1, 0.15) is 0 Å². The Hall–Kier alpha value is -0.0800. The topological polar surface area (TPSA) is 24.1 Å². The first-order valence-electron chi connectivity index (χ1n) is 5.09. The van der Waals surface area contributed by atoms with Gasteiger partial charge in [-0.05, 0) is 40.3 Å². The van der Waals surface area contributed by atoms with Gasteiger partial charge in [0.15, 0.2) is 0 Å². The van der Waals surface area contributed by atoms with E-state index < -0.39 is 0 Å². The van der Waals surface area contributed by atoms with E-state index in [4.69, 9.17) is 0 Å². The van der Waals surface area contributed by atoms with E-state index in [9.17, 15) is 0 Å². The molecule has 0 bridgehead atoms. The van der Waals surface area contributed by atoms with E-state index in [1.165, 1.54) is 32.2 Å². The molecule has 0 aromatic heterocycles. The zero-order chi connectivity index (χ0) is 9.03. The molecule has 0 aromatic rings. The molecule has 1 unspecified atom stereocenters. The molecule has 0 spiro atoms. The van der Waals surface area contributed by atoms with E-state index in [2.05, 4.69) is 24.5 Å². The fraction of sp³-hybridized carbons (Fsp3) is 1.00. The maximum absolute atomic E-state index is 3.61. The Balaban J connectivity index is 2.47. The van der Waals surface area contributed by atoms with Crippen LogP contribution in [0.5, 0.6) is 0 Å². The molecule has 2 nitrogen and oxygen atoms in total. The van der Waals surface area contributed by atoms with Crippen LogP contribution < -0.4 is 10.6 Å². The van der Waals surface area contributed by atoms with Crippen LogP contribution in [0.1, 0.15) is 39.5 Å². The van der Waals surface area contributed by atoms with Crippen LogP contribution in [0.15, 0.2) is 0 Å². The largest absolute Gasteiger partial charge is 0.313 e. The van der Waals surface area contributed by atoms with Crippen molar-refractivity contribution in [2.24, 2.45) is 0 Å². The predicted molar refractivity (Wildman–Crippen MR) is 53.4 cm³/mol. The van der Waals surface area contributed by atoms with E-state index in [-0.39, 0.29) is 5.54 Å². The lowest BCUT2D eigenvalue weighted by atomic mass is 9.91. The Morgan fingerprint density at radius 3 is 2.67 bits per heavy atom. The summed E-state index contributed by atoms with van der Waals surface area (Å²) in [6.45, 7) is 5.74. The Labute approximate surface area is 76.1 Å². The first-order valence-corrected chi connectivity index (χ1v) is 5.09. The smallest absolute Gasteiger partial charge is 0.0275 e. The van der Waals surface area contributed by atoms with Gasteiger partial charge in [-0.15, -0.1) is 0 Å². The third-order valence-corrected chi connectivity index (χ3v) is 3.08. The lowest BCUT2D eigenvalue weighted by Gasteiger charge is -2.34. The fourth-order valence-electron chi connectivity index (χ4n) is 1.82. The molecule has 2 heteroatoms. The first kappa shape index (κ1) is 10.0. The zero-order valence-electron chi connectivity index (χ0n) is 8.61. The monoisotopic (exact) mass is 170 g/mol. The minimum atomic E-state index is 0.240. The summed E-state index contributed by atoms with van der Waals surface area (Å²) >= 11 is 0. The normalized spacial score (nSPS) is 26.8. The van der Waals surface area contributed by atoms with Gasteiger partial charge in [0.25, 0.3) is 0 Å². The molecule has 0 radical (unpaired) electrons. The molecule has 1 aliphatic rings. The average molecular weight is 170 g/mol. The highest BCUT2D eigenvalue weighted by Gasteiger charge is 2.27.